The predicted molar refractivity (Wildman–Crippen MR) is 80.5 cm³/mol. The van der Waals surface area contributed by atoms with Gasteiger partial charge in [-0.25, -0.2) is 8.78 Å². The maximum absolute atomic E-state index is 13.9. The van der Waals surface area contributed by atoms with E-state index in [0.717, 1.165) is 23.2 Å². The topological polar surface area (TPSA) is 37.8 Å². The molecular weight excluding hydrogens is 292 g/mol. The summed E-state index contributed by atoms with van der Waals surface area (Å²) < 4.78 is 30.9. The Morgan fingerprint density at radius 1 is 1.29 bits per heavy atom. The van der Waals surface area contributed by atoms with Crippen molar-refractivity contribution >= 4 is 11.5 Å². The first-order valence-corrected chi connectivity index (χ1v) is 7.79. The summed E-state index contributed by atoms with van der Waals surface area (Å²) in [5.74, 6) is -0.807. The molecule has 0 radical (unpaired) electrons. The third-order valence-electron chi connectivity index (χ3n) is 3.29. The van der Waals surface area contributed by atoms with Crippen LogP contribution in [0, 0.1) is 11.6 Å². The van der Waals surface area contributed by atoms with E-state index < -0.39 is 11.6 Å². The number of nitrogens with one attached hydrogen (secondary N) is 1. The van der Waals surface area contributed by atoms with Crippen LogP contribution in [-0.2, 0) is 6.42 Å². The van der Waals surface area contributed by atoms with E-state index in [0.29, 0.717) is 12.0 Å². The van der Waals surface area contributed by atoms with E-state index in [9.17, 15) is 8.78 Å². The van der Waals surface area contributed by atoms with Gasteiger partial charge in [-0.15, -0.1) is 5.10 Å². The van der Waals surface area contributed by atoms with Crippen LogP contribution >= 0.6 is 11.5 Å². The minimum absolute atomic E-state index is 0.0626. The molecule has 1 aromatic heterocycles. The Bertz CT molecular complexity index is 598. The summed E-state index contributed by atoms with van der Waals surface area (Å²) in [6.07, 6.45) is 0.448. The first-order valence-electron chi connectivity index (χ1n) is 7.02. The van der Waals surface area contributed by atoms with Crippen molar-refractivity contribution in [3.8, 4) is 0 Å². The second-order valence-corrected chi connectivity index (χ2v) is 6.01. The summed E-state index contributed by atoms with van der Waals surface area (Å²) in [6.45, 7) is 6.86. The Kier molecular flexibility index (Phi) is 5.36. The lowest BCUT2D eigenvalue weighted by molar-refractivity contribution is 0.521. The van der Waals surface area contributed by atoms with Crippen LogP contribution in [0.1, 0.15) is 48.9 Å². The number of nitrogens with zero attached hydrogens (tertiary/aromatic N) is 2. The van der Waals surface area contributed by atoms with E-state index in [4.69, 9.17) is 0 Å². The van der Waals surface area contributed by atoms with E-state index in [1.165, 1.54) is 23.7 Å². The van der Waals surface area contributed by atoms with Gasteiger partial charge in [0, 0.05) is 12.1 Å². The number of aromatic nitrogens is 2. The SMILES string of the molecule is CCNC(Cc1ccc(F)cc1F)c1snnc1C(C)C. The fraction of sp³-hybridized carbons (Fsp3) is 0.467. The fourth-order valence-electron chi connectivity index (χ4n) is 2.26. The standard InChI is InChI=1S/C15H19F2N3S/c1-4-18-13(15-14(9(2)3)19-20-21-15)7-10-5-6-11(16)8-12(10)17/h5-6,8-9,13,18H,4,7H2,1-3H3. The molecule has 1 unspecified atom stereocenters. The first-order chi connectivity index (χ1) is 10.0. The zero-order valence-corrected chi connectivity index (χ0v) is 13.2. The Morgan fingerprint density at radius 2 is 2.05 bits per heavy atom. The molecule has 0 saturated carbocycles. The number of halogens is 2. The molecule has 114 valence electrons. The van der Waals surface area contributed by atoms with Gasteiger partial charge in [0.05, 0.1) is 10.6 Å². The molecule has 0 aliphatic heterocycles. The maximum atomic E-state index is 13.9. The van der Waals surface area contributed by atoms with Gasteiger partial charge in [-0.05, 0) is 42.0 Å². The molecular formula is C15H19F2N3S. The van der Waals surface area contributed by atoms with E-state index in [-0.39, 0.29) is 12.0 Å². The molecule has 0 aliphatic carbocycles. The van der Waals surface area contributed by atoms with Crippen molar-refractivity contribution in [1.29, 1.82) is 0 Å². The number of likely N-dealkylation sites (N-methyl/N-ethyl adjacent to an activating group) is 1. The highest BCUT2D eigenvalue weighted by Gasteiger charge is 2.22. The van der Waals surface area contributed by atoms with Crippen molar-refractivity contribution in [3.63, 3.8) is 0 Å². The minimum atomic E-state index is -0.557. The van der Waals surface area contributed by atoms with E-state index >= 15 is 0 Å². The first kappa shape index (κ1) is 16.0. The van der Waals surface area contributed by atoms with Crippen molar-refractivity contribution in [2.75, 3.05) is 6.54 Å². The summed E-state index contributed by atoms with van der Waals surface area (Å²) in [4.78, 5) is 1.02. The van der Waals surface area contributed by atoms with Gasteiger partial charge in [0.25, 0.3) is 0 Å². The highest BCUT2D eigenvalue weighted by atomic mass is 32.1. The molecule has 0 bridgehead atoms. The number of hydrogen-bond donors (Lipinski definition) is 1. The molecule has 1 atom stereocenters. The van der Waals surface area contributed by atoms with Crippen molar-refractivity contribution in [1.82, 2.24) is 14.9 Å². The van der Waals surface area contributed by atoms with Gasteiger partial charge in [-0.1, -0.05) is 31.3 Å². The van der Waals surface area contributed by atoms with Crippen LogP contribution in [0.4, 0.5) is 8.78 Å². The summed E-state index contributed by atoms with van der Waals surface area (Å²) in [5.41, 5.74) is 1.43. The van der Waals surface area contributed by atoms with Gasteiger partial charge >= 0.3 is 0 Å². The lowest BCUT2D eigenvalue weighted by atomic mass is 9.99. The van der Waals surface area contributed by atoms with Crippen LogP contribution in [-0.4, -0.2) is 16.1 Å². The summed E-state index contributed by atoms with van der Waals surface area (Å²) in [6, 6.07) is 3.65. The average Bonchev–Trinajstić information content (AvgIpc) is 2.90. The normalized spacial score (nSPS) is 12.9. The molecule has 0 amide bonds. The van der Waals surface area contributed by atoms with Crippen LogP contribution in [0.15, 0.2) is 18.2 Å². The molecule has 1 aromatic carbocycles. The molecule has 0 aliphatic rings. The molecule has 0 saturated heterocycles. The predicted octanol–water partition coefficient (Wildman–Crippen LogP) is 3.83. The quantitative estimate of drug-likeness (QED) is 0.881. The van der Waals surface area contributed by atoms with Crippen LogP contribution in [0.5, 0.6) is 0 Å². The molecule has 0 fully saturated rings. The van der Waals surface area contributed by atoms with Crippen LogP contribution in [0.25, 0.3) is 0 Å². The average molecular weight is 311 g/mol. The van der Waals surface area contributed by atoms with Crippen LogP contribution < -0.4 is 5.32 Å². The molecule has 3 nitrogen and oxygen atoms in total. The summed E-state index contributed by atoms with van der Waals surface area (Å²) in [7, 11) is 0. The van der Waals surface area contributed by atoms with Gasteiger partial charge < -0.3 is 5.32 Å². The zero-order chi connectivity index (χ0) is 15.4. The van der Waals surface area contributed by atoms with Crippen LogP contribution in [0.2, 0.25) is 0 Å². The third kappa shape index (κ3) is 3.83. The summed E-state index contributed by atoms with van der Waals surface area (Å²) in [5, 5.41) is 7.51. The minimum Gasteiger partial charge on any atom is -0.309 e. The smallest absolute Gasteiger partial charge is 0.129 e. The number of benzene rings is 1. The summed E-state index contributed by atoms with van der Waals surface area (Å²) >= 11 is 1.33. The molecule has 6 heteroatoms. The van der Waals surface area contributed by atoms with Crippen molar-refractivity contribution in [2.24, 2.45) is 0 Å². The highest BCUT2D eigenvalue weighted by Crippen LogP contribution is 2.29. The van der Waals surface area contributed by atoms with Gasteiger partial charge in [0.2, 0.25) is 0 Å². The second-order valence-electron chi connectivity index (χ2n) is 5.23. The van der Waals surface area contributed by atoms with Crippen molar-refractivity contribution < 1.29 is 8.78 Å². The number of hydrogen-bond acceptors (Lipinski definition) is 4. The van der Waals surface area contributed by atoms with Crippen molar-refractivity contribution in [2.45, 2.75) is 39.2 Å². The second kappa shape index (κ2) is 7.04. The molecule has 21 heavy (non-hydrogen) atoms. The zero-order valence-electron chi connectivity index (χ0n) is 12.4. The maximum Gasteiger partial charge on any atom is 0.129 e. The lowest BCUT2D eigenvalue weighted by Gasteiger charge is -2.18. The Morgan fingerprint density at radius 3 is 2.67 bits per heavy atom. The molecule has 2 rings (SSSR count). The molecule has 1 N–H and O–H groups in total. The van der Waals surface area contributed by atoms with E-state index in [1.54, 1.807) is 0 Å². The lowest BCUT2D eigenvalue weighted by Crippen LogP contribution is -2.23. The van der Waals surface area contributed by atoms with Crippen LogP contribution in [0.3, 0.4) is 0 Å². The molecule has 2 aromatic rings. The van der Waals surface area contributed by atoms with Gasteiger partial charge in [-0.2, -0.15) is 0 Å². The Balaban J connectivity index is 2.28. The fourth-order valence-corrected chi connectivity index (χ4v) is 3.14. The van der Waals surface area contributed by atoms with Gasteiger partial charge in [0.1, 0.15) is 11.6 Å². The van der Waals surface area contributed by atoms with Gasteiger partial charge in [-0.3, -0.25) is 0 Å². The largest absolute Gasteiger partial charge is 0.309 e. The van der Waals surface area contributed by atoms with Gasteiger partial charge in [0.15, 0.2) is 0 Å². The highest BCUT2D eigenvalue weighted by molar-refractivity contribution is 7.05. The molecule has 1 heterocycles. The van der Waals surface area contributed by atoms with E-state index in [2.05, 4.69) is 28.8 Å². The third-order valence-corrected chi connectivity index (χ3v) is 4.15. The number of rotatable bonds is 6. The monoisotopic (exact) mass is 311 g/mol. The van der Waals surface area contributed by atoms with E-state index in [1.807, 2.05) is 6.92 Å². The van der Waals surface area contributed by atoms with Crippen molar-refractivity contribution in [3.05, 3.63) is 46.0 Å². The Hall–Kier alpha value is -1.40. The Labute approximate surface area is 127 Å². The molecule has 0 spiro atoms.